The SMILES string of the molecule is CC(C)(C)C(NC(=O)c1cc2cc(C(F)(F)P(=O)(O)O)ccc2s1)C(=O)N1CCC[C@H]1C(=O)N(CCC(=O)NCCCC#Cc1cccc2c1CN(C1CCC(=O)NC1=O)C2=O)c1cccc(-c2ccccc2)c1. The Morgan fingerprint density at radius 1 is 0.932 bits per heavy atom. The first-order valence-electron chi connectivity index (χ1n) is 24.2. The number of nitrogens with one attached hydrogen (secondary N) is 3. The van der Waals surface area contributed by atoms with Crippen LogP contribution in [0.3, 0.4) is 0 Å². The van der Waals surface area contributed by atoms with Crippen LogP contribution in [-0.4, -0.2) is 98.7 Å². The zero-order chi connectivity index (χ0) is 53.1. The monoisotopic (exact) mass is 1050 g/mol. The highest BCUT2D eigenvalue weighted by molar-refractivity contribution is 7.52. The third-order valence-corrected chi connectivity index (χ3v) is 15.5. The van der Waals surface area contributed by atoms with Crippen LogP contribution in [0.15, 0.2) is 97.1 Å². The van der Waals surface area contributed by atoms with Crippen molar-refractivity contribution in [3.8, 4) is 23.0 Å². The fourth-order valence-corrected chi connectivity index (χ4v) is 10.8. The predicted molar refractivity (Wildman–Crippen MR) is 274 cm³/mol. The van der Waals surface area contributed by atoms with E-state index >= 15 is 0 Å². The van der Waals surface area contributed by atoms with Gasteiger partial charge in [0.1, 0.15) is 18.1 Å². The van der Waals surface area contributed by atoms with Crippen LogP contribution in [0.5, 0.6) is 0 Å². The quantitative estimate of drug-likeness (QED) is 0.0311. The summed E-state index contributed by atoms with van der Waals surface area (Å²) in [4.78, 5) is 117. The summed E-state index contributed by atoms with van der Waals surface area (Å²) in [5.41, 5.74) is -2.16. The molecule has 2 unspecified atom stereocenters. The smallest absolute Gasteiger partial charge is 0.356 e. The summed E-state index contributed by atoms with van der Waals surface area (Å²) in [7, 11) is -5.84. The molecule has 3 atom stereocenters. The van der Waals surface area contributed by atoms with E-state index in [0.29, 0.717) is 59.3 Å². The Hall–Kier alpha value is -7.10. The van der Waals surface area contributed by atoms with Crippen molar-refractivity contribution in [3.63, 3.8) is 0 Å². The molecule has 5 N–H and O–H groups in total. The lowest BCUT2D eigenvalue weighted by molar-refractivity contribution is -0.141. The molecule has 2 saturated heterocycles. The average molecular weight is 1050 g/mol. The molecule has 5 aromatic rings. The lowest BCUT2D eigenvalue weighted by Crippen LogP contribution is -2.58. The number of fused-ring (bicyclic) bond motifs is 2. The normalized spacial score (nSPS) is 17.3. The van der Waals surface area contributed by atoms with Crippen LogP contribution in [0.1, 0.15) is 102 Å². The fraction of sp³-hybridized carbons (Fsp3) is 0.352. The van der Waals surface area contributed by atoms with Crippen molar-refractivity contribution in [3.05, 3.63) is 124 Å². The van der Waals surface area contributed by atoms with Gasteiger partial charge in [-0.05, 0) is 95.6 Å². The maximum atomic E-state index is 14.9. The van der Waals surface area contributed by atoms with Crippen LogP contribution >= 0.6 is 18.9 Å². The Morgan fingerprint density at radius 3 is 2.41 bits per heavy atom. The van der Waals surface area contributed by atoms with E-state index in [1.807, 2.05) is 54.6 Å². The standard InChI is InChI=1S/C54H55F2N6O10PS/c1-53(2,3)47(59-49(66)44-31-36-29-37(21-23-43(36)74-44)54(55,56)73(70,71)72)52(69)61-27-12-20-42(61)51(68)60(38-18-10-17-35(30-38)33-13-6-4-7-14-33)28-25-45(63)57-26-9-5-8-15-34-16-11-19-39-40(34)32-62(50(39)67)41-22-24-46(64)58-48(41)65/h4,6-7,10-11,13-14,16-19,21,23,29-31,41-42,47H,5,9,12,20,22,24-28,32H2,1-3H3,(H,57,63)(H,59,66)(H,58,64,65)(H2,70,71,72)/t41?,42-,47?/m0/s1. The molecule has 0 bridgehead atoms. The van der Waals surface area contributed by atoms with E-state index < -0.39 is 66.0 Å². The number of alkyl halides is 2. The van der Waals surface area contributed by atoms with Crippen LogP contribution in [0.25, 0.3) is 21.2 Å². The maximum absolute atomic E-state index is 14.9. The number of halogens is 2. The molecule has 3 aliphatic heterocycles. The molecule has 0 aliphatic carbocycles. The van der Waals surface area contributed by atoms with Crippen molar-refractivity contribution in [1.82, 2.24) is 25.8 Å². The summed E-state index contributed by atoms with van der Waals surface area (Å²) in [6.07, 6.45) is 2.05. The van der Waals surface area contributed by atoms with Gasteiger partial charge >= 0.3 is 13.3 Å². The first-order valence-corrected chi connectivity index (χ1v) is 26.6. The Morgan fingerprint density at radius 2 is 1.68 bits per heavy atom. The summed E-state index contributed by atoms with van der Waals surface area (Å²) in [6.45, 7) is 5.95. The summed E-state index contributed by atoms with van der Waals surface area (Å²) in [5, 5.41) is 8.20. The molecule has 1 aromatic heterocycles. The zero-order valence-electron chi connectivity index (χ0n) is 40.9. The van der Waals surface area contributed by atoms with E-state index in [2.05, 4.69) is 27.8 Å². The molecule has 0 spiro atoms. The number of piperidine rings is 1. The minimum atomic E-state index is -5.84. The highest BCUT2D eigenvalue weighted by Crippen LogP contribution is 2.59. The summed E-state index contributed by atoms with van der Waals surface area (Å²) in [5.74, 6) is 3.20. The Kier molecular flexibility index (Phi) is 15.7. The van der Waals surface area contributed by atoms with Crippen LogP contribution in [0.2, 0.25) is 0 Å². The second kappa shape index (κ2) is 21.8. The van der Waals surface area contributed by atoms with Gasteiger partial charge in [-0.1, -0.05) is 87.2 Å². The van der Waals surface area contributed by atoms with Crippen molar-refractivity contribution in [2.24, 2.45) is 5.41 Å². The number of imide groups is 1. The van der Waals surface area contributed by atoms with E-state index in [0.717, 1.165) is 34.6 Å². The molecule has 20 heteroatoms. The molecule has 8 rings (SSSR count). The molecule has 3 aliphatic rings. The largest absolute Gasteiger partial charge is 0.399 e. The molecule has 74 heavy (non-hydrogen) atoms. The second-order valence-corrected chi connectivity index (χ2v) is 22.3. The number of thiophene rings is 1. The molecule has 386 valence electrons. The molecule has 2 fully saturated rings. The van der Waals surface area contributed by atoms with Gasteiger partial charge in [0, 0.05) is 72.5 Å². The third kappa shape index (κ3) is 11.5. The lowest BCUT2D eigenvalue weighted by Gasteiger charge is -2.36. The van der Waals surface area contributed by atoms with Crippen LogP contribution in [-0.2, 0) is 40.7 Å². The predicted octanol–water partition coefficient (Wildman–Crippen LogP) is 7.06. The van der Waals surface area contributed by atoms with E-state index in [4.69, 9.17) is 0 Å². The number of rotatable bonds is 15. The first kappa shape index (κ1) is 53.2. The van der Waals surface area contributed by atoms with Gasteiger partial charge in [-0.2, -0.15) is 8.78 Å². The number of amides is 7. The van der Waals surface area contributed by atoms with Crippen molar-refractivity contribution in [1.29, 1.82) is 0 Å². The van der Waals surface area contributed by atoms with Gasteiger partial charge < -0.3 is 35.1 Å². The summed E-state index contributed by atoms with van der Waals surface area (Å²) < 4.78 is 41.1. The minimum absolute atomic E-state index is 0.0257. The first-order chi connectivity index (χ1) is 35.1. The molecule has 0 saturated carbocycles. The van der Waals surface area contributed by atoms with Crippen LogP contribution < -0.4 is 20.9 Å². The highest BCUT2D eigenvalue weighted by Gasteiger charge is 2.50. The zero-order valence-corrected chi connectivity index (χ0v) is 42.6. The minimum Gasteiger partial charge on any atom is -0.356 e. The van der Waals surface area contributed by atoms with Crippen molar-refractivity contribution >= 4 is 76.1 Å². The Labute approximate surface area is 430 Å². The molecule has 4 heterocycles. The van der Waals surface area contributed by atoms with E-state index in [9.17, 15) is 56.7 Å². The average Bonchev–Trinajstić information content (AvgIpc) is 4.12. The lowest BCUT2D eigenvalue weighted by atomic mass is 9.85. The number of benzene rings is 4. The number of carbonyl (C=O) groups is 7. The van der Waals surface area contributed by atoms with Crippen LogP contribution in [0.4, 0.5) is 14.5 Å². The Bertz CT molecular complexity index is 3160. The van der Waals surface area contributed by atoms with Gasteiger partial charge in [-0.25, -0.2) is 0 Å². The highest BCUT2D eigenvalue weighted by atomic mass is 32.1. The number of unbranched alkanes of at least 4 members (excludes halogenated alkanes) is 1. The molecule has 4 aromatic carbocycles. The van der Waals surface area contributed by atoms with E-state index in [-0.39, 0.29) is 66.9 Å². The van der Waals surface area contributed by atoms with Gasteiger partial charge in [0.2, 0.25) is 29.5 Å². The molecular formula is C54H55F2N6O10PS. The summed E-state index contributed by atoms with van der Waals surface area (Å²) >= 11 is 0.955. The number of hydrogen-bond acceptors (Lipinski definition) is 9. The third-order valence-electron chi connectivity index (χ3n) is 13.4. The fourth-order valence-electron chi connectivity index (χ4n) is 9.41. The van der Waals surface area contributed by atoms with Crippen LogP contribution in [0, 0.1) is 17.3 Å². The number of carbonyl (C=O) groups excluding carboxylic acids is 7. The maximum Gasteiger partial charge on any atom is 0.399 e. The molecule has 16 nitrogen and oxygen atoms in total. The van der Waals surface area contributed by atoms with Gasteiger partial charge in [0.25, 0.3) is 11.8 Å². The number of hydrogen-bond donors (Lipinski definition) is 5. The van der Waals surface area contributed by atoms with Crippen molar-refractivity contribution in [2.45, 2.75) is 96.1 Å². The number of likely N-dealkylation sites (tertiary alicyclic amines) is 1. The van der Waals surface area contributed by atoms with Crippen molar-refractivity contribution < 1.29 is 56.7 Å². The van der Waals surface area contributed by atoms with E-state index in [1.165, 1.54) is 26.8 Å². The summed E-state index contributed by atoms with van der Waals surface area (Å²) in [6, 6.07) is 23.7. The Balaban J connectivity index is 0.930. The molecule has 7 amide bonds. The topological polar surface area (TPSA) is 223 Å². The van der Waals surface area contributed by atoms with Gasteiger partial charge in [-0.15, -0.1) is 11.3 Å². The van der Waals surface area contributed by atoms with E-state index in [1.54, 1.807) is 39.0 Å². The molecular weight excluding hydrogens is 994 g/mol. The number of anilines is 1. The molecule has 0 radical (unpaired) electrons. The van der Waals surface area contributed by atoms with Gasteiger partial charge in [0.05, 0.1) is 4.88 Å². The van der Waals surface area contributed by atoms with Gasteiger partial charge in [-0.3, -0.25) is 43.4 Å². The van der Waals surface area contributed by atoms with Gasteiger partial charge in [0.15, 0.2) is 0 Å². The number of nitrogens with zero attached hydrogens (tertiary/aromatic N) is 3. The second-order valence-electron chi connectivity index (χ2n) is 19.6. The van der Waals surface area contributed by atoms with Crippen molar-refractivity contribution in [2.75, 3.05) is 24.5 Å².